The van der Waals surface area contributed by atoms with Crippen LogP contribution in [-0.4, -0.2) is 16.2 Å². The molecule has 1 aliphatic carbocycles. The van der Waals surface area contributed by atoms with Crippen LogP contribution < -0.4 is 10.6 Å². The van der Waals surface area contributed by atoms with Crippen molar-refractivity contribution in [1.29, 1.82) is 0 Å². The molecular formula is C14H18N4OS2. The van der Waals surface area contributed by atoms with Gasteiger partial charge in [0.15, 0.2) is 0 Å². The van der Waals surface area contributed by atoms with Gasteiger partial charge >= 0.3 is 6.03 Å². The van der Waals surface area contributed by atoms with Crippen LogP contribution in [0.15, 0.2) is 6.07 Å². The number of rotatable bonds is 4. The summed E-state index contributed by atoms with van der Waals surface area (Å²) in [6.45, 7) is 6.15. The minimum absolute atomic E-state index is 0.0224. The number of amides is 2. The summed E-state index contributed by atoms with van der Waals surface area (Å²) >= 11 is 3.22. The van der Waals surface area contributed by atoms with Crippen LogP contribution in [0.3, 0.4) is 0 Å². The third-order valence-electron chi connectivity index (χ3n) is 3.48. The summed E-state index contributed by atoms with van der Waals surface area (Å²) in [5, 5.41) is 15.4. The smallest absolute Gasteiger partial charge is 0.321 e. The van der Waals surface area contributed by atoms with Gasteiger partial charge < -0.3 is 5.32 Å². The minimum Gasteiger partial charge on any atom is -0.331 e. The van der Waals surface area contributed by atoms with Gasteiger partial charge in [0.05, 0.1) is 6.04 Å². The summed E-state index contributed by atoms with van der Waals surface area (Å²) in [6, 6.07) is 1.87. The zero-order valence-corrected chi connectivity index (χ0v) is 13.9. The number of aromatic nitrogens is 2. The Morgan fingerprint density at radius 3 is 2.71 bits per heavy atom. The molecule has 7 heteroatoms. The summed E-state index contributed by atoms with van der Waals surface area (Å²) in [7, 11) is 0. The number of nitrogens with zero attached hydrogens (tertiary/aromatic N) is 2. The highest BCUT2D eigenvalue weighted by Crippen LogP contribution is 2.42. The molecule has 112 valence electrons. The van der Waals surface area contributed by atoms with Gasteiger partial charge in [0.2, 0.25) is 5.13 Å². The molecule has 1 atom stereocenters. The Bertz CT molecular complexity index is 660. The number of urea groups is 1. The number of thiophene rings is 1. The zero-order chi connectivity index (χ0) is 15.0. The van der Waals surface area contributed by atoms with Crippen LogP contribution in [0.25, 0.3) is 0 Å². The standard InChI is InChI=1S/C14H18N4OS2/c1-7-6-11(9(3)20-7)8(2)15-13(19)16-14-18-17-12(21-14)10-4-5-10/h6,8,10H,4-5H2,1-3H3,(H2,15,16,18,19). The molecule has 0 bridgehead atoms. The Balaban J connectivity index is 1.58. The van der Waals surface area contributed by atoms with Gasteiger partial charge in [-0.15, -0.1) is 21.5 Å². The van der Waals surface area contributed by atoms with Crippen molar-refractivity contribution in [3.8, 4) is 0 Å². The maximum absolute atomic E-state index is 12.0. The van der Waals surface area contributed by atoms with Crippen molar-refractivity contribution in [2.24, 2.45) is 0 Å². The van der Waals surface area contributed by atoms with Gasteiger partial charge in [0.25, 0.3) is 0 Å². The van der Waals surface area contributed by atoms with Gasteiger partial charge in [-0.05, 0) is 45.2 Å². The van der Waals surface area contributed by atoms with Crippen molar-refractivity contribution in [3.05, 3.63) is 26.4 Å². The predicted molar refractivity (Wildman–Crippen MR) is 86.2 cm³/mol. The second kappa shape index (κ2) is 5.73. The van der Waals surface area contributed by atoms with E-state index in [1.807, 2.05) is 6.92 Å². The fourth-order valence-electron chi connectivity index (χ4n) is 2.27. The second-order valence-corrected chi connectivity index (χ2v) is 7.88. The van der Waals surface area contributed by atoms with E-state index in [9.17, 15) is 4.79 Å². The lowest BCUT2D eigenvalue weighted by Crippen LogP contribution is -2.31. The Morgan fingerprint density at radius 1 is 1.33 bits per heavy atom. The normalized spacial score (nSPS) is 15.8. The largest absolute Gasteiger partial charge is 0.331 e. The Hall–Kier alpha value is -1.47. The Morgan fingerprint density at radius 2 is 2.10 bits per heavy atom. The van der Waals surface area contributed by atoms with Crippen LogP contribution >= 0.6 is 22.7 Å². The molecule has 2 amide bonds. The molecular weight excluding hydrogens is 304 g/mol. The summed E-state index contributed by atoms with van der Waals surface area (Å²) < 4.78 is 0. The van der Waals surface area contributed by atoms with E-state index >= 15 is 0 Å². The number of anilines is 1. The quantitative estimate of drug-likeness (QED) is 0.895. The fourth-order valence-corrected chi connectivity index (χ4v) is 4.20. The van der Waals surface area contributed by atoms with Crippen LogP contribution in [0.1, 0.15) is 52.1 Å². The number of carbonyl (C=O) groups excluding carboxylic acids is 1. The molecule has 5 nitrogen and oxygen atoms in total. The third kappa shape index (κ3) is 3.41. The van der Waals surface area contributed by atoms with Crippen molar-refractivity contribution >= 4 is 33.8 Å². The van der Waals surface area contributed by atoms with Gasteiger partial charge in [0.1, 0.15) is 5.01 Å². The molecule has 1 unspecified atom stereocenters. The van der Waals surface area contributed by atoms with Crippen molar-refractivity contribution in [2.75, 3.05) is 5.32 Å². The van der Waals surface area contributed by atoms with Crippen LogP contribution in [0, 0.1) is 13.8 Å². The van der Waals surface area contributed by atoms with Gasteiger partial charge in [0, 0.05) is 15.7 Å². The average molecular weight is 322 g/mol. The number of hydrogen-bond acceptors (Lipinski definition) is 5. The number of hydrogen-bond donors (Lipinski definition) is 2. The molecule has 2 aromatic rings. The minimum atomic E-state index is -0.232. The molecule has 1 fully saturated rings. The van der Waals surface area contributed by atoms with Crippen LogP contribution in [-0.2, 0) is 0 Å². The summed E-state index contributed by atoms with van der Waals surface area (Å²) in [4.78, 5) is 14.5. The Kier molecular flexibility index (Phi) is 3.95. The average Bonchev–Trinajstić information content (AvgIpc) is 3.07. The molecule has 0 saturated heterocycles. The zero-order valence-electron chi connectivity index (χ0n) is 12.3. The molecule has 0 aromatic carbocycles. The molecule has 21 heavy (non-hydrogen) atoms. The molecule has 1 aliphatic rings. The lowest BCUT2D eigenvalue weighted by atomic mass is 10.1. The van der Waals surface area contributed by atoms with Crippen molar-refractivity contribution in [1.82, 2.24) is 15.5 Å². The predicted octanol–water partition coefficient (Wildman–Crippen LogP) is 3.98. The number of nitrogens with one attached hydrogen (secondary N) is 2. The van der Waals surface area contributed by atoms with Gasteiger partial charge in [-0.1, -0.05) is 11.3 Å². The van der Waals surface area contributed by atoms with E-state index in [4.69, 9.17) is 0 Å². The van der Waals surface area contributed by atoms with Gasteiger partial charge in [-0.2, -0.15) is 0 Å². The first-order chi connectivity index (χ1) is 10.0. The van der Waals surface area contributed by atoms with Gasteiger partial charge in [-0.3, -0.25) is 5.32 Å². The second-order valence-electron chi connectivity index (χ2n) is 5.41. The fraction of sp³-hybridized carbons (Fsp3) is 0.500. The van der Waals surface area contributed by atoms with Crippen LogP contribution in [0.4, 0.5) is 9.93 Å². The van der Waals surface area contributed by atoms with E-state index in [2.05, 4.69) is 40.7 Å². The van der Waals surface area contributed by atoms with E-state index in [1.165, 1.54) is 39.5 Å². The van der Waals surface area contributed by atoms with Crippen molar-refractivity contribution < 1.29 is 4.79 Å². The highest BCUT2D eigenvalue weighted by Gasteiger charge is 2.27. The first-order valence-electron chi connectivity index (χ1n) is 7.01. The SMILES string of the molecule is Cc1cc(C(C)NC(=O)Nc2nnc(C3CC3)s2)c(C)s1. The molecule has 3 rings (SSSR count). The maximum Gasteiger partial charge on any atom is 0.321 e. The van der Waals surface area contributed by atoms with Crippen molar-refractivity contribution in [3.63, 3.8) is 0 Å². The van der Waals surface area contributed by atoms with E-state index in [-0.39, 0.29) is 12.1 Å². The topological polar surface area (TPSA) is 66.9 Å². The van der Waals surface area contributed by atoms with E-state index in [1.54, 1.807) is 11.3 Å². The third-order valence-corrected chi connectivity index (χ3v) is 5.46. The van der Waals surface area contributed by atoms with E-state index in [0.29, 0.717) is 11.0 Å². The summed E-state index contributed by atoms with van der Waals surface area (Å²) in [5.74, 6) is 0.566. The molecule has 2 aromatic heterocycles. The molecule has 0 aliphatic heterocycles. The molecule has 2 N–H and O–H groups in total. The van der Waals surface area contributed by atoms with Crippen LogP contribution in [0.2, 0.25) is 0 Å². The first-order valence-corrected chi connectivity index (χ1v) is 8.64. The molecule has 0 spiro atoms. The lowest BCUT2D eigenvalue weighted by molar-refractivity contribution is 0.249. The monoisotopic (exact) mass is 322 g/mol. The highest BCUT2D eigenvalue weighted by atomic mass is 32.1. The molecule has 0 radical (unpaired) electrons. The van der Waals surface area contributed by atoms with Crippen LogP contribution in [0.5, 0.6) is 0 Å². The lowest BCUT2D eigenvalue weighted by Gasteiger charge is -2.13. The van der Waals surface area contributed by atoms with Gasteiger partial charge in [-0.25, -0.2) is 4.79 Å². The van der Waals surface area contributed by atoms with E-state index < -0.39 is 0 Å². The Labute approximate surface area is 131 Å². The highest BCUT2D eigenvalue weighted by molar-refractivity contribution is 7.15. The number of aryl methyl sites for hydroxylation is 2. The number of carbonyl (C=O) groups is 1. The first kappa shape index (κ1) is 14.5. The molecule has 2 heterocycles. The van der Waals surface area contributed by atoms with E-state index in [0.717, 1.165) is 5.01 Å². The summed E-state index contributed by atoms with van der Waals surface area (Å²) in [6.07, 6.45) is 2.38. The molecule has 1 saturated carbocycles. The van der Waals surface area contributed by atoms with Crippen molar-refractivity contribution in [2.45, 2.75) is 45.6 Å². The maximum atomic E-state index is 12.0. The summed E-state index contributed by atoms with van der Waals surface area (Å²) in [5.41, 5.74) is 1.17.